The molecule has 170 valence electrons. The van der Waals surface area contributed by atoms with Gasteiger partial charge in [-0.25, -0.2) is 0 Å². The molecule has 0 unspecified atom stereocenters. The second kappa shape index (κ2) is 9.28. The van der Waals surface area contributed by atoms with E-state index in [1.807, 2.05) is 13.8 Å². The number of ketones is 3. The SMILES string of the molecule is CCc1c(C(=O)CN2CCC(C(=O)c3ccc4c(c3)OCCO4)CC2)[nH]c(C)c1C(C)=O. The Bertz CT molecular complexity index is 1050. The smallest absolute Gasteiger partial charge is 0.193 e. The Morgan fingerprint density at radius 3 is 2.44 bits per heavy atom. The third-order valence-corrected chi connectivity index (χ3v) is 6.43. The Kier molecular flexibility index (Phi) is 6.46. The molecule has 1 saturated heterocycles. The van der Waals surface area contributed by atoms with Crippen LogP contribution in [0.4, 0.5) is 0 Å². The summed E-state index contributed by atoms with van der Waals surface area (Å²) in [6.45, 7) is 8.01. The minimum Gasteiger partial charge on any atom is -0.486 e. The third kappa shape index (κ3) is 4.35. The number of likely N-dealkylation sites (tertiary alicyclic amines) is 1. The molecule has 0 spiro atoms. The van der Waals surface area contributed by atoms with E-state index in [4.69, 9.17) is 9.47 Å². The van der Waals surface area contributed by atoms with Crippen LogP contribution in [-0.4, -0.2) is 60.1 Å². The zero-order valence-corrected chi connectivity index (χ0v) is 19.0. The molecule has 0 amide bonds. The average molecular weight is 439 g/mol. The monoisotopic (exact) mass is 438 g/mol. The third-order valence-electron chi connectivity index (χ3n) is 6.43. The van der Waals surface area contributed by atoms with E-state index in [2.05, 4.69) is 9.88 Å². The Morgan fingerprint density at radius 1 is 1.09 bits per heavy atom. The van der Waals surface area contributed by atoms with Crippen molar-refractivity contribution in [1.29, 1.82) is 0 Å². The molecule has 1 N–H and O–H groups in total. The minimum absolute atomic E-state index is 0.00550. The molecular formula is C25H30N2O5. The maximum Gasteiger partial charge on any atom is 0.193 e. The van der Waals surface area contributed by atoms with Crippen molar-refractivity contribution in [2.24, 2.45) is 5.92 Å². The van der Waals surface area contributed by atoms with E-state index >= 15 is 0 Å². The number of benzene rings is 1. The van der Waals surface area contributed by atoms with Crippen LogP contribution in [0.1, 0.15) is 69.2 Å². The fraction of sp³-hybridized carbons (Fsp3) is 0.480. The van der Waals surface area contributed by atoms with Crippen molar-refractivity contribution in [2.45, 2.75) is 40.0 Å². The highest BCUT2D eigenvalue weighted by Crippen LogP contribution is 2.32. The summed E-state index contributed by atoms with van der Waals surface area (Å²) in [4.78, 5) is 43.2. The van der Waals surface area contributed by atoms with Crippen LogP contribution in [-0.2, 0) is 6.42 Å². The van der Waals surface area contributed by atoms with Crippen molar-refractivity contribution < 1.29 is 23.9 Å². The Hall–Kier alpha value is -2.93. The summed E-state index contributed by atoms with van der Waals surface area (Å²) in [6, 6.07) is 5.38. The van der Waals surface area contributed by atoms with Gasteiger partial charge in [-0.1, -0.05) is 6.92 Å². The molecule has 7 heteroatoms. The first kappa shape index (κ1) is 22.3. The number of carbonyl (C=O) groups excluding carboxylic acids is 3. The maximum atomic E-state index is 13.0. The molecule has 3 heterocycles. The van der Waals surface area contributed by atoms with Crippen LogP contribution >= 0.6 is 0 Å². The standard InChI is InChI=1S/C25H30N2O5/c1-4-19-23(16(3)28)15(2)26-24(19)20(29)14-27-9-7-17(8-10-27)25(30)18-5-6-21-22(13-18)32-12-11-31-21/h5-6,13,17,26H,4,7-12,14H2,1-3H3. The van der Waals surface area contributed by atoms with Crippen molar-refractivity contribution in [3.63, 3.8) is 0 Å². The normalized spacial score (nSPS) is 16.7. The number of Topliss-reactive ketones (excluding diaryl/α,β-unsaturated/α-hetero) is 3. The highest BCUT2D eigenvalue weighted by Gasteiger charge is 2.29. The number of nitrogens with one attached hydrogen (secondary N) is 1. The number of aromatic amines is 1. The molecule has 1 fully saturated rings. The summed E-state index contributed by atoms with van der Waals surface area (Å²) in [5.74, 6) is 1.34. The molecule has 0 radical (unpaired) electrons. The number of rotatable bonds is 7. The quantitative estimate of drug-likeness (QED) is 0.664. The Morgan fingerprint density at radius 2 is 1.78 bits per heavy atom. The van der Waals surface area contributed by atoms with Gasteiger partial charge in [0, 0.05) is 22.7 Å². The number of fused-ring (bicyclic) bond motifs is 1. The lowest BCUT2D eigenvalue weighted by Gasteiger charge is -2.31. The molecule has 2 aliphatic rings. The maximum absolute atomic E-state index is 13.0. The topological polar surface area (TPSA) is 88.7 Å². The van der Waals surface area contributed by atoms with Crippen molar-refractivity contribution in [1.82, 2.24) is 9.88 Å². The van der Waals surface area contributed by atoms with Gasteiger partial charge in [0.15, 0.2) is 28.8 Å². The molecular weight excluding hydrogens is 408 g/mol. The first-order valence-electron chi connectivity index (χ1n) is 11.3. The van der Waals surface area contributed by atoms with Crippen molar-refractivity contribution in [2.75, 3.05) is 32.8 Å². The van der Waals surface area contributed by atoms with Crippen molar-refractivity contribution in [3.05, 3.63) is 46.3 Å². The number of hydrogen-bond acceptors (Lipinski definition) is 6. The van der Waals surface area contributed by atoms with Crippen LogP contribution in [0.2, 0.25) is 0 Å². The summed E-state index contributed by atoms with van der Waals surface area (Å²) in [7, 11) is 0. The summed E-state index contributed by atoms with van der Waals surface area (Å²) in [5.41, 5.74) is 3.39. The number of nitrogens with zero attached hydrogens (tertiary/aromatic N) is 1. The number of piperidine rings is 1. The lowest BCUT2D eigenvalue weighted by molar-refractivity contribution is 0.0802. The van der Waals surface area contributed by atoms with Crippen molar-refractivity contribution in [3.8, 4) is 11.5 Å². The molecule has 32 heavy (non-hydrogen) atoms. The van der Waals surface area contributed by atoms with Crippen LogP contribution in [0.15, 0.2) is 18.2 Å². The minimum atomic E-state index is -0.0628. The van der Waals surface area contributed by atoms with Gasteiger partial charge in [-0.2, -0.15) is 0 Å². The van der Waals surface area contributed by atoms with E-state index in [1.165, 1.54) is 6.92 Å². The second-order valence-corrected chi connectivity index (χ2v) is 8.58. The lowest BCUT2D eigenvalue weighted by atomic mass is 9.88. The number of hydrogen-bond donors (Lipinski definition) is 1. The van der Waals surface area contributed by atoms with Gasteiger partial charge < -0.3 is 14.5 Å². The number of carbonyl (C=O) groups is 3. The first-order valence-corrected chi connectivity index (χ1v) is 11.3. The molecule has 2 aromatic rings. The summed E-state index contributed by atoms with van der Waals surface area (Å²) in [6.07, 6.45) is 2.06. The molecule has 0 bridgehead atoms. The van der Waals surface area contributed by atoms with E-state index in [0.29, 0.717) is 73.9 Å². The van der Waals surface area contributed by atoms with E-state index in [9.17, 15) is 14.4 Å². The van der Waals surface area contributed by atoms with E-state index < -0.39 is 0 Å². The fourth-order valence-corrected chi connectivity index (χ4v) is 4.81. The number of ether oxygens (including phenoxy) is 2. The molecule has 2 aliphatic heterocycles. The molecule has 1 aromatic carbocycles. The van der Waals surface area contributed by atoms with Gasteiger partial charge in [-0.05, 0) is 70.0 Å². The van der Waals surface area contributed by atoms with Crippen LogP contribution in [0, 0.1) is 12.8 Å². The zero-order chi connectivity index (χ0) is 22.8. The van der Waals surface area contributed by atoms with E-state index in [0.717, 1.165) is 11.3 Å². The number of aryl methyl sites for hydroxylation is 1. The fourth-order valence-electron chi connectivity index (χ4n) is 4.81. The average Bonchev–Trinajstić information content (AvgIpc) is 3.15. The van der Waals surface area contributed by atoms with E-state index in [-0.39, 0.29) is 29.8 Å². The predicted octanol–water partition coefficient (Wildman–Crippen LogP) is 3.64. The Balaban J connectivity index is 1.37. The number of aromatic nitrogens is 1. The van der Waals surface area contributed by atoms with Gasteiger partial charge in [-0.3, -0.25) is 19.3 Å². The molecule has 1 aromatic heterocycles. The highest BCUT2D eigenvalue weighted by atomic mass is 16.6. The Labute approximate surface area is 188 Å². The summed E-state index contributed by atoms with van der Waals surface area (Å²) >= 11 is 0. The molecule has 0 aliphatic carbocycles. The molecule has 7 nitrogen and oxygen atoms in total. The number of H-pyrrole nitrogens is 1. The van der Waals surface area contributed by atoms with E-state index in [1.54, 1.807) is 18.2 Å². The van der Waals surface area contributed by atoms with Gasteiger partial charge in [-0.15, -0.1) is 0 Å². The highest BCUT2D eigenvalue weighted by molar-refractivity contribution is 6.04. The second-order valence-electron chi connectivity index (χ2n) is 8.58. The predicted molar refractivity (Wildman–Crippen MR) is 120 cm³/mol. The lowest BCUT2D eigenvalue weighted by Crippen LogP contribution is -2.39. The van der Waals surface area contributed by atoms with Crippen LogP contribution in [0.25, 0.3) is 0 Å². The van der Waals surface area contributed by atoms with Crippen LogP contribution < -0.4 is 9.47 Å². The van der Waals surface area contributed by atoms with Gasteiger partial charge >= 0.3 is 0 Å². The largest absolute Gasteiger partial charge is 0.486 e. The van der Waals surface area contributed by atoms with Gasteiger partial charge in [0.05, 0.1) is 12.2 Å². The molecule has 4 rings (SSSR count). The zero-order valence-electron chi connectivity index (χ0n) is 19.0. The summed E-state index contributed by atoms with van der Waals surface area (Å²) < 4.78 is 11.1. The summed E-state index contributed by atoms with van der Waals surface area (Å²) in [5, 5.41) is 0. The van der Waals surface area contributed by atoms with Crippen molar-refractivity contribution >= 4 is 17.3 Å². The van der Waals surface area contributed by atoms with Crippen LogP contribution in [0.5, 0.6) is 11.5 Å². The van der Waals surface area contributed by atoms with Crippen LogP contribution in [0.3, 0.4) is 0 Å². The van der Waals surface area contributed by atoms with Gasteiger partial charge in [0.25, 0.3) is 0 Å². The first-order chi connectivity index (χ1) is 15.4. The molecule has 0 saturated carbocycles. The van der Waals surface area contributed by atoms with Gasteiger partial charge in [0.1, 0.15) is 13.2 Å². The van der Waals surface area contributed by atoms with Gasteiger partial charge in [0.2, 0.25) is 0 Å². The molecule has 0 atom stereocenters.